The summed E-state index contributed by atoms with van der Waals surface area (Å²) < 4.78 is 7.48. The van der Waals surface area contributed by atoms with Gasteiger partial charge in [-0.25, -0.2) is 0 Å². The first-order valence-electron chi connectivity index (χ1n) is 10.3. The number of anilines is 1. The molecule has 2 aromatic heterocycles. The van der Waals surface area contributed by atoms with Crippen LogP contribution >= 0.6 is 0 Å². The smallest absolute Gasteiger partial charge is 0.183 e. The molecule has 1 unspecified atom stereocenters. The number of rotatable bonds is 6. The van der Waals surface area contributed by atoms with Crippen molar-refractivity contribution in [2.24, 2.45) is 17.8 Å². The molecule has 7 nitrogen and oxygen atoms in total. The van der Waals surface area contributed by atoms with Crippen LogP contribution in [-0.4, -0.2) is 28.7 Å². The zero-order chi connectivity index (χ0) is 21.4. The fraction of sp³-hybridized carbons (Fsp3) is 0.208. The van der Waals surface area contributed by atoms with Crippen LogP contribution in [0.25, 0.3) is 21.8 Å². The Balaban J connectivity index is 1.31. The molecule has 4 aromatic rings. The summed E-state index contributed by atoms with van der Waals surface area (Å²) >= 11 is 0. The Kier molecular flexibility index (Phi) is 4.67. The van der Waals surface area contributed by atoms with E-state index in [4.69, 9.17) is 10.5 Å². The Morgan fingerprint density at radius 1 is 1.19 bits per heavy atom. The molecule has 1 aliphatic rings. The SMILES string of the molecule is COc1ccc2[nH]cc(CCC3(N)N=CC=C(Nc4cccc5c4ccn5C)N3)c2c1. The first-order valence-corrected chi connectivity index (χ1v) is 10.3. The Morgan fingerprint density at radius 3 is 2.97 bits per heavy atom. The molecule has 5 rings (SSSR count). The average molecular weight is 415 g/mol. The quantitative estimate of drug-likeness (QED) is 0.386. The van der Waals surface area contributed by atoms with Crippen molar-refractivity contribution in [2.45, 2.75) is 18.6 Å². The van der Waals surface area contributed by atoms with Gasteiger partial charge in [0.2, 0.25) is 0 Å². The third kappa shape index (κ3) is 3.64. The molecule has 5 N–H and O–H groups in total. The molecule has 3 heterocycles. The predicted octanol–water partition coefficient (Wildman–Crippen LogP) is 3.84. The van der Waals surface area contributed by atoms with E-state index in [1.54, 1.807) is 13.3 Å². The molecule has 0 spiro atoms. The molecule has 0 radical (unpaired) electrons. The number of allylic oxidation sites excluding steroid dienone is 1. The molecular formula is C24H26N6O. The Morgan fingerprint density at radius 2 is 2.10 bits per heavy atom. The van der Waals surface area contributed by atoms with Gasteiger partial charge >= 0.3 is 0 Å². The van der Waals surface area contributed by atoms with Crippen LogP contribution in [0.15, 0.2) is 71.7 Å². The normalized spacial score (nSPS) is 18.2. The number of H-pyrrole nitrogens is 1. The van der Waals surface area contributed by atoms with Gasteiger partial charge in [0, 0.05) is 59.6 Å². The van der Waals surface area contributed by atoms with Gasteiger partial charge < -0.3 is 24.9 Å². The van der Waals surface area contributed by atoms with Crippen LogP contribution in [0.3, 0.4) is 0 Å². The zero-order valence-electron chi connectivity index (χ0n) is 17.6. The van der Waals surface area contributed by atoms with Gasteiger partial charge in [-0.3, -0.25) is 10.7 Å². The Hall–Kier alpha value is -3.71. The fourth-order valence-electron chi connectivity index (χ4n) is 4.12. The lowest BCUT2D eigenvalue weighted by Crippen LogP contribution is -2.54. The van der Waals surface area contributed by atoms with Gasteiger partial charge in [0.25, 0.3) is 0 Å². The van der Waals surface area contributed by atoms with E-state index in [0.29, 0.717) is 6.42 Å². The number of aromatic nitrogens is 2. The number of aryl methyl sites for hydroxylation is 2. The molecule has 158 valence electrons. The van der Waals surface area contributed by atoms with E-state index in [2.05, 4.69) is 55.6 Å². The van der Waals surface area contributed by atoms with Gasteiger partial charge in [0.15, 0.2) is 5.79 Å². The highest BCUT2D eigenvalue weighted by Crippen LogP contribution is 2.27. The third-order valence-electron chi connectivity index (χ3n) is 5.84. The minimum Gasteiger partial charge on any atom is -0.497 e. The number of aromatic amines is 1. The summed E-state index contributed by atoms with van der Waals surface area (Å²) in [4.78, 5) is 7.84. The summed E-state index contributed by atoms with van der Waals surface area (Å²) in [5.74, 6) is 0.785. The first kappa shape index (κ1) is 19.3. The van der Waals surface area contributed by atoms with E-state index < -0.39 is 5.79 Å². The molecule has 0 aliphatic carbocycles. The van der Waals surface area contributed by atoms with E-state index in [-0.39, 0.29) is 0 Å². The number of ether oxygens (including phenoxy) is 1. The number of nitrogens with zero attached hydrogens (tertiary/aromatic N) is 2. The summed E-state index contributed by atoms with van der Waals surface area (Å²) in [6.07, 6.45) is 9.18. The predicted molar refractivity (Wildman–Crippen MR) is 126 cm³/mol. The van der Waals surface area contributed by atoms with Gasteiger partial charge in [-0.1, -0.05) is 6.07 Å². The van der Waals surface area contributed by atoms with E-state index in [0.717, 1.165) is 40.0 Å². The Bertz CT molecular complexity index is 1310. The molecule has 0 fully saturated rings. The van der Waals surface area contributed by atoms with E-state index in [1.165, 1.54) is 11.1 Å². The summed E-state index contributed by atoms with van der Waals surface area (Å²) in [5, 5.41) is 9.15. The third-order valence-corrected chi connectivity index (χ3v) is 5.84. The maximum absolute atomic E-state index is 6.61. The molecule has 0 bridgehead atoms. The highest BCUT2D eigenvalue weighted by atomic mass is 16.5. The van der Waals surface area contributed by atoms with Crippen molar-refractivity contribution in [3.63, 3.8) is 0 Å². The summed E-state index contributed by atoms with van der Waals surface area (Å²) in [7, 11) is 3.72. The number of benzene rings is 2. The van der Waals surface area contributed by atoms with Gasteiger partial charge in [0.1, 0.15) is 11.6 Å². The topological polar surface area (TPSA) is 92.4 Å². The Labute approximate surface area is 180 Å². The average Bonchev–Trinajstić information content (AvgIpc) is 3.36. The molecule has 1 aliphatic heterocycles. The summed E-state index contributed by atoms with van der Waals surface area (Å²) in [6.45, 7) is 0. The highest BCUT2D eigenvalue weighted by molar-refractivity contribution is 5.93. The molecule has 1 atom stereocenters. The molecule has 0 saturated carbocycles. The van der Waals surface area contributed by atoms with Gasteiger partial charge in [-0.15, -0.1) is 0 Å². The van der Waals surface area contributed by atoms with Crippen LogP contribution in [0, 0.1) is 0 Å². The van der Waals surface area contributed by atoms with E-state index in [9.17, 15) is 0 Å². The van der Waals surface area contributed by atoms with E-state index in [1.807, 2.05) is 37.5 Å². The van der Waals surface area contributed by atoms with Crippen molar-refractivity contribution in [3.8, 4) is 5.75 Å². The second kappa shape index (κ2) is 7.52. The van der Waals surface area contributed by atoms with Crippen molar-refractivity contribution in [3.05, 3.63) is 72.3 Å². The van der Waals surface area contributed by atoms with Crippen LogP contribution in [0.5, 0.6) is 5.75 Å². The number of aliphatic imine (C=N–C) groups is 1. The number of nitrogens with two attached hydrogens (primary N) is 1. The van der Waals surface area contributed by atoms with Gasteiger partial charge in [0.05, 0.1) is 7.11 Å². The minimum absolute atomic E-state index is 0.641. The maximum Gasteiger partial charge on any atom is 0.183 e. The fourth-order valence-corrected chi connectivity index (χ4v) is 4.12. The van der Waals surface area contributed by atoms with Crippen molar-refractivity contribution >= 4 is 33.7 Å². The van der Waals surface area contributed by atoms with Crippen molar-refractivity contribution in [1.29, 1.82) is 0 Å². The lowest BCUT2D eigenvalue weighted by Gasteiger charge is -2.31. The second-order valence-corrected chi connectivity index (χ2v) is 7.92. The van der Waals surface area contributed by atoms with Gasteiger partial charge in [-0.2, -0.15) is 0 Å². The molecule has 2 aromatic carbocycles. The van der Waals surface area contributed by atoms with Crippen LogP contribution in [0.4, 0.5) is 5.69 Å². The molecule has 7 heteroatoms. The van der Waals surface area contributed by atoms with Crippen molar-refractivity contribution < 1.29 is 4.74 Å². The summed E-state index contributed by atoms with van der Waals surface area (Å²) in [5.41, 5.74) is 11.1. The minimum atomic E-state index is -0.885. The largest absolute Gasteiger partial charge is 0.497 e. The lowest BCUT2D eigenvalue weighted by atomic mass is 10.0. The number of methoxy groups -OCH3 is 1. The van der Waals surface area contributed by atoms with Crippen LogP contribution < -0.4 is 21.1 Å². The number of hydrogen-bond donors (Lipinski definition) is 4. The monoisotopic (exact) mass is 414 g/mol. The van der Waals surface area contributed by atoms with Crippen LogP contribution in [0.2, 0.25) is 0 Å². The molecule has 0 saturated heterocycles. The maximum atomic E-state index is 6.61. The number of fused-ring (bicyclic) bond motifs is 2. The lowest BCUT2D eigenvalue weighted by molar-refractivity contribution is 0.356. The zero-order valence-corrected chi connectivity index (χ0v) is 17.6. The molecule has 31 heavy (non-hydrogen) atoms. The molecule has 0 amide bonds. The summed E-state index contributed by atoms with van der Waals surface area (Å²) in [6, 6.07) is 14.4. The highest BCUT2D eigenvalue weighted by Gasteiger charge is 2.26. The first-order chi connectivity index (χ1) is 15.0. The van der Waals surface area contributed by atoms with Crippen LogP contribution in [0.1, 0.15) is 12.0 Å². The van der Waals surface area contributed by atoms with Crippen molar-refractivity contribution in [2.75, 3.05) is 12.4 Å². The second-order valence-electron chi connectivity index (χ2n) is 7.92. The van der Waals surface area contributed by atoms with Gasteiger partial charge in [-0.05, 0) is 54.5 Å². The number of hydrogen-bond acceptors (Lipinski definition) is 5. The van der Waals surface area contributed by atoms with E-state index >= 15 is 0 Å². The molecular weight excluding hydrogens is 388 g/mol. The number of nitrogens with one attached hydrogen (secondary N) is 3. The standard InChI is InChI=1S/C24H26N6O/c1-30-13-10-18-21(4-3-5-22(18)30)28-23-9-12-27-24(25,29-23)11-8-16-15-26-20-7-6-17(31-2)14-19(16)20/h3-7,9-10,12-15,26,28-29H,8,11,25H2,1-2H3. The van der Waals surface area contributed by atoms with Crippen molar-refractivity contribution in [1.82, 2.24) is 14.9 Å². The van der Waals surface area contributed by atoms with Crippen LogP contribution in [-0.2, 0) is 13.5 Å².